The third-order valence-electron chi connectivity index (χ3n) is 3.90. The van der Waals surface area contributed by atoms with Crippen LogP contribution in [0.4, 0.5) is 0 Å². The smallest absolute Gasteiger partial charge is 0.345 e. The Hall–Kier alpha value is -2.69. The minimum absolute atomic E-state index is 0.0165. The molecule has 24 heavy (non-hydrogen) atoms. The van der Waals surface area contributed by atoms with Crippen molar-refractivity contribution in [2.24, 2.45) is 5.92 Å². The molecular weight excluding hydrogens is 306 g/mol. The Morgan fingerprint density at radius 1 is 1.00 bits per heavy atom. The number of allylic oxidation sites excluding steroid dienone is 1. The molecule has 1 aromatic heterocycles. The molecule has 5 heteroatoms. The average Bonchev–Trinajstić information content (AvgIpc) is 2.60. The summed E-state index contributed by atoms with van der Waals surface area (Å²) in [5, 5.41) is 2.21. The summed E-state index contributed by atoms with van der Waals surface area (Å²) in [4.78, 5) is 24.1. The normalized spacial score (nSPS) is 10.5. The first kappa shape index (κ1) is 17.7. The van der Waals surface area contributed by atoms with Gasteiger partial charge in [-0.2, -0.15) is 0 Å². The molecule has 126 valence electrons. The van der Waals surface area contributed by atoms with Gasteiger partial charge in [-0.25, -0.2) is 14.2 Å². The predicted octanol–water partition coefficient (Wildman–Crippen LogP) is 2.43. The van der Waals surface area contributed by atoms with Crippen LogP contribution in [-0.2, 0) is 25.6 Å². The first-order valence-corrected chi connectivity index (χ1v) is 7.75. The highest BCUT2D eigenvalue weighted by molar-refractivity contribution is 6.14. The Balaban J connectivity index is 2.50. The highest BCUT2D eigenvalue weighted by atomic mass is 16.5. The number of aromatic nitrogens is 1. The van der Waals surface area contributed by atoms with E-state index in [1.807, 2.05) is 61.1 Å². The van der Waals surface area contributed by atoms with E-state index in [0.29, 0.717) is 12.1 Å². The standard InChI is InChI=1S/C19H22NO4/c1-13(2)16(17(18(21)23-3)19(22)24-4)12-20-10-9-14-7-5-6-8-15(14)11-20/h5-11,13H,12H2,1-4H3/q+1. The Morgan fingerprint density at radius 2 is 1.58 bits per heavy atom. The van der Waals surface area contributed by atoms with Crippen molar-refractivity contribution in [3.63, 3.8) is 0 Å². The lowest BCUT2D eigenvalue weighted by molar-refractivity contribution is -0.688. The van der Waals surface area contributed by atoms with Gasteiger partial charge in [-0.3, -0.25) is 0 Å². The highest BCUT2D eigenvalue weighted by Gasteiger charge is 2.28. The molecule has 1 heterocycles. The van der Waals surface area contributed by atoms with Crippen LogP contribution >= 0.6 is 0 Å². The second-order valence-corrected chi connectivity index (χ2v) is 5.78. The first-order valence-electron chi connectivity index (χ1n) is 7.75. The zero-order valence-corrected chi connectivity index (χ0v) is 14.4. The molecular formula is C19H22NO4+. The minimum Gasteiger partial charge on any atom is -0.465 e. The van der Waals surface area contributed by atoms with Gasteiger partial charge in [0.25, 0.3) is 0 Å². The summed E-state index contributed by atoms with van der Waals surface area (Å²) in [6.45, 7) is 4.27. The zero-order chi connectivity index (χ0) is 17.7. The van der Waals surface area contributed by atoms with Gasteiger partial charge >= 0.3 is 11.9 Å². The molecule has 0 fully saturated rings. The van der Waals surface area contributed by atoms with E-state index in [1.54, 1.807) is 0 Å². The van der Waals surface area contributed by atoms with E-state index in [4.69, 9.17) is 9.47 Å². The largest absolute Gasteiger partial charge is 0.465 e. The van der Waals surface area contributed by atoms with E-state index in [2.05, 4.69) is 0 Å². The average molecular weight is 328 g/mol. The summed E-state index contributed by atoms with van der Waals surface area (Å²) >= 11 is 0. The van der Waals surface area contributed by atoms with Crippen molar-refractivity contribution in [1.82, 2.24) is 0 Å². The maximum absolute atomic E-state index is 12.1. The van der Waals surface area contributed by atoms with E-state index in [0.717, 1.165) is 10.8 Å². The maximum Gasteiger partial charge on any atom is 0.345 e. The number of carbonyl (C=O) groups is 2. The summed E-state index contributed by atoms with van der Waals surface area (Å²) in [6, 6.07) is 10.0. The summed E-state index contributed by atoms with van der Waals surface area (Å²) in [5.41, 5.74) is 0.643. The number of carbonyl (C=O) groups excluding carboxylic acids is 2. The number of pyridine rings is 1. The Kier molecular flexibility index (Phi) is 5.68. The molecule has 5 nitrogen and oxygen atoms in total. The van der Waals surface area contributed by atoms with E-state index in [-0.39, 0.29) is 11.5 Å². The topological polar surface area (TPSA) is 56.5 Å². The van der Waals surface area contributed by atoms with Crippen LogP contribution in [0.15, 0.2) is 53.9 Å². The molecule has 0 saturated heterocycles. The van der Waals surface area contributed by atoms with Crippen LogP contribution < -0.4 is 4.57 Å². The second kappa shape index (κ2) is 7.73. The summed E-state index contributed by atoms with van der Waals surface area (Å²) in [5.74, 6) is -1.36. The number of rotatable bonds is 5. The number of nitrogens with zero attached hydrogens (tertiary/aromatic N) is 1. The SMILES string of the molecule is COC(=O)C(C(=O)OC)=C(C[n+]1ccc2ccccc2c1)C(C)C. The Morgan fingerprint density at radius 3 is 2.12 bits per heavy atom. The van der Waals surface area contributed by atoms with E-state index >= 15 is 0 Å². The number of benzene rings is 1. The lowest BCUT2D eigenvalue weighted by atomic mass is 9.96. The van der Waals surface area contributed by atoms with Crippen LogP contribution in [0.2, 0.25) is 0 Å². The van der Waals surface area contributed by atoms with Crippen molar-refractivity contribution >= 4 is 22.7 Å². The van der Waals surface area contributed by atoms with Crippen LogP contribution in [0.3, 0.4) is 0 Å². The summed E-state index contributed by atoms with van der Waals surface area (Å²) < 4.78 is 11.5. The molecule has 1 aromatic carbocycles. The lowest BCUT2D eigenvalue weighted by Gasteiger charge is -2.13. The zero-order valence-electron chi connectivity index (χ0n) is 14.4. The molecule has 0 bridgehead atoms. The van der Waals surface area contributed by atoms with Crippen molar-refractivity contribution in [2.45, 2.75) is 20.4 Å². The fourth-order valence-corrected chi connectivity index (χ4v) is 2.57. The fraction of sp³-hybridized carbons (Fsp3) is 0.316. The van der Waals surface area contributed by atoms with Gasteiger partial charge in [-0.1, -0.05) is 32.0 Å². The molecule has 0 atom stereocenters. The quantitative estimate of drug-likeness (QED) is 0.278. The van der Waals surface area contributed by atoms with Gasteiger partial charge in [0.15, 0.2) is 24.5 Å². The van der Waals surface area contributed by atoms with E-state index in [9.17, 15) is 9.59 Å². The van der Waals surface area contributed by atoms with Crippen molar-refractivity contribution in [1.29, 1.82) is 0 Å². The molecule has 0 spiro atoms. The van der Waals surface area contributed by atoms with Gasteiger partial charge in [-0.05, 0) is 17.4 Å². The number of fused-ring (bicyclic) bond motifs is 1. The van der Waals surface area contributed by atoms with Crippen molar-refractivity contribution in [2.75, 3.05) is 14.2 Å². The van der Waals surface area contributed by atoms with Gasteiger partial charge in [0, 0.05) is 17.0 Å². The fourth-order valence-electron chi connectivity index (χ4n) is 2.57. The number of ether oxygens (including phenoxy) is 2. The van der Waals surface area contributed by atoms with Crippen molar-refractivity contribution in [3.05, 3.63) is 53.9 Å². The molecule has 0 aliphatic rings. The van der Waals surface area contributed by atoms with Gasteiger partial charge in [0.1, 0.15) is 0 Å². The second-order valence-electron chi connectivity index (χ2n) is 5.78. The predicted molar refractivity (Wildman–Crippen MR) is 90.0 cm³/mol. The first-order chi connectivity index (χ1) is 11.5. The molecule has 2 rings (SSSR count). The van der Waals surface area contributed by atoms with Crippen molar-refractivity contribution in [3.8, 4) is 0 Å². The van der Waals surface area contributed by atoms with Crippen LogP contribution in [-0.4, -0.2) is 26.2 Å². The minimum atomic E-state index is -0.674. The van der Waals surface area contributed by atoms with Gasteiger partial charge in [0.05, 0.1) is 14.2 Å². The summed E-state index contributed by atoms with van der Waals surface area (Å²) in [6.07, 6.45) is 3.92. The summed E-state index contributed by atoms with van der Waals surface area (Å²) in [7, 11) is 2.51. The van der Waals surface area contributed by atoms with Gasteiger partial charge < -0.3 is 9.47 Å². The number of hydrogen-bond donors (Lipinski definition) is 0. The highest BCUT2D eigenvalue weighted by Crippen LogP contribution is 2.19. The third-order valence-corrected chi connectivity index (χ3v) is 3.90. The molecule has 0 aliphatic carbocycles. The Labute approximate surface area is 141 Å². The lowest BCUT2D eigenvalue weighted by Crippen LogP contribution is -2.36. The van der Waals surface area contributed by atoms with Crippen LogP contribution in [0, 0.1) is 5.92 Å². The molecule has 0 amide bonds. The molecule has 0 N–H and O–H groups in total. The van der Waals surface area contributed by atoms with Crippen LogP contribution in [0.1, 0.15) is 13.8 Å². The van der Waals surface area contributed by atoms with E-state index < -0.39 is 11.9 Å². The monoisotopic (exact) mass is 328 g/mol. The van der Waals surface area contributed by atoms with Crippen molar-refractivity contribution < 1.29 is 23.6 Å². The third kappa shape index (κ3) is 3.79. The molecule has 0 radical (unpaired) electrons. The van der Waals surface area contributed by atoms with E-state index in [1.165, 1.54) is 14.2 Å². The van der Waals surface area contributed by atoms with Crippen LogP contribution in [0.5, 0.6) is 0 Å². The molecule has 0 aliphatic heterocycles. The molecule has 0 saturated carbocycles. The maximum atomic E-state index is 12.1. The number of methoxy groups -OCH3 is 2. The van der Waals surface area contributed by atoms with Gasteiger partial charge in [-0.15, -0.1) is 0 Å². The number of hydrogen-bond acceptors (Lipinski definition) is 4. The van der Waals surface area contributed by atoms with Gasteiger partial charge in [0.2, 0.25) is 0 Å². The number of esters is 2. The molecule has 0 unspecified atom stereocenters. The van der Waals surface area contributed by atoms with Crippen LogP contribution in [0.25, 0.3) is 10.8 Å². The molecule has 2 aromatic rings. The Bertz CT molecular complexity index is 775.